The SMILES string of the molecule is O=c1c2cccc(OC3CC4(C3)CN(CCCc3cc5nncn5cc3F)C4)c2cc(Cl)n1CF. The Hall–Kier alpha value is -3.04. The van der Waals surface area contributed by atoms with Crippen LogP contribution in [-0.2, 0) is 13.2 Å². The molecule has 182 valence electrons. The van der Waals surface area contributed by atoms with Crippen molar-refractivity contribution in [2.75, 3.05) is 19.6 Å². The molecule has 1 aromatic carbocycles. The third-order valence-corrected chi connectivity index (χ3v) is 7.61. The van der Waals surface area contributed by atoms with Gasteiger partial charge in [-0.05, 0) is 62.1 Å². The Morgan fingerprint density at radius 2 is 2.03 bits per heavy atom. The van der Waals surface area contributed by atoms with Crippen LogP contribution in [0.2, 0.25) is 5.15 Å². The van der Waals surface area contributed by atoms with E-state index in [1.807, 2.05) is 6.07 Å². The molecule has 1 saturated carbocycles. The normalized spacial score (nSPS) is 17.7. The maximum absolute atomic E-state index is 14.3. The molecule has 0 radical (unpaired) electrons. The largest absolute Gasteiger partial charge is 0.490 e. The van der Waals surface area contributed by atoms with Crippen molar-refractivity contribution in [2.45, 2.75) is 38.6 Å². The minimum Gasteiger partial charge on any atom is -0.490 e. The van der Waals surface area contributed by atoms with Gasteiger partial charge in [-0.2, -0.15) is 0 Å². The van der Waals surface area contributed by atoms with Crippen molar-refractivity contribution in [3.63, 3.8) is 0 Å². The Bertz CT molecular complexity index is 1470. The van der Waals surface area contributed by atoms with Crippen molar-refractivity contribution in [3.05, 3.63) is 69.7 Å². The van der Waals surface area contributed by atoms with E-state index in [9.17, 15) is 13.6 Å². The molecule has 10 heteroatoms. The molecule has 0 bridgehead atoms. The lowest BCUT2D eigenvalue weighted by Gasteiger charge is -2.58. The highest BCUT2D eigenvalue weighted by atomic mass is 35.5. The van der Waals surface area contributed by atoms with Crippen molar-refractivity contribution >= 4 is 28.0 Å². The molecule has 6 rings (SSSR count). The summed E-state index contributed by atoms with van der Waals surface area (Å²) in [5.41, 5.74) is 1.15. The number of likely N-dealkylation sites (tertiary alicyclic amines) is 1. The molecule has 3 aromatic heterocycles. The number of fused-ring (bicyclic) bond motifs is 2. The van der Waals surface area contributed by atoms with E-state index in [-0.39, 0.29) is 22.5 Å². The standard InChI is InChI=1S/C25H24ClF2N5O2/c26-22-8-19-18(24(34)33(22)14-27)4-1-5-21(19)35-17-9-25(10-17)12-31(13-25)6-2-3-16-7-23-30-29-15-32(23)11-20(16)28/h1,4-5,7-8,11,15,17H,2-3,6,9-10,12-14H2. The topological polar surface area (TPSA) is 64.7 Å². The second-order valence-corrected chi connectivity index (χ2v) is 10.1. The van der Waals surface area contributed by atoms with Gasteiger partial charge in [0.15, 0.2) is 12.4 Å². The van der Waals surface area contributed by atoms with Gasteiger partial charge in [0.25, 0.3) is 5.56 Å². The van der Waals surface area contributed by atoms with Crippen molar-refractivity contribution in [2.24, 2.45) is 5.41 Å². The molecule has 4 heterocycles. The number of nitrogens with zero attached hydrogens (tertiary/aromatic N) is 5. The molecule has 0 unspecified atom stereocenters. The number of alkyl halides is 1. The van der Waals surface area contributed by atoms with Crippen LogP contribution in [0.1, 0.15) is 24.8 Å². The maximum Gasteiger partial charge on any atom is 0.261 e. The van der Waals surface area contributed by atoms with E-state index < -0.39 is 12.4 Å². The monoisotopic (exact) mass is 499 g/mol. The molecule has 2 fully saturated rings. The van der Waals surface area contributed by atoms with Crippen LogP contribution < -0.4 is 10.3 Å². The smallest absolute Gasteiger partial charge is 0.261 e. The Kier molecular flexibility index (Phi) is 5.49. The lowest BCUT2D eigenvalue weighted by molar-refractivity contribution is -0.118. The molecule has 2 aliphatic rings. The van der Waals surface area contributed by atoms with Crippen LogP contribution in [0.15, 0.2) is 47.7 Å². The van der Waals surface area contributed by atoms with Crippen LogP contribution in [0.3, 0.4) is 0 Å². The summed E-state index contributed by atoms with van der Waals surface area (Å²) < 4.78 is 36.1. The van der Waals surface area contributed by atoms with Crippen molar-refractivity contribution < 1.29 is 13.5 Å². The molecule has 35 heavy (non-hydrogen) atoms. The number of rotatable bonds is 7. The number of hydrogen-bond donors (Lipinski definition) is 0. The molecule has 0 N–H and O–H groups in total. The summed E-state index contributed by atoms with van der Waals surface area (Å²) in [4.78, 5) is 14.9. The van der Waals surface area contributed by atoms with Gasteiger partial charge in [0.2, 0.25) is 0 Å². The lowest BCUT2D eigenvalue weighted by Crippen LogP contribution is -2.64. The molecule has 1 saturated heterocycles. The maximum atomic E-state index is 14.3. The molecule has 7 nitrogen and oxygen atoms in total. The lowest BCUT2D eigenvalue weighted by atomic mass is 9.61. The molecule has 4 aromatic rings. The Morgan fingerprint density at radius 1 is 1.20 bits per heavy atom. The summed E-state index contributed by atoms with van der Waals surface area (Å²) in [7, 11) is 0. The molecule has 1 aliphatic carbocycles. The van der Waals surface area contributed by atoms with E-state index in [4.69, 9.17) is 16.3 Å². The highest BCUT2D eigenvalue weighted by molar-refractivity contribution is 6.30. The summed E-state index contributed by atoms with van der Waals surface area (Å²) in [6.45, 7) is 1.99. The molecular formula is C25H24ClF2N5O2. The van der Waals surface area contributed by atoms with Gasteiger partial charge in [-0.25, -0.2) is 8.78 Å². The van der Waals surface area contributed by atoms with Crippen molar-refractivity contribution in [1.82, 2.24) is 24.1 Å². The average Bonchev–Trinajstić information content (AvgIpc) is 3.23. The molecule has 1 aliphatic heterocycles. The predicted octanol–water partition coefficient (Wildman–Crippen LogP) is 4.24. The zero-order valence-corrected chi connectivity index (χ0v) is 19.7. The van der Waals surface area contributed by atoms with Gasteiger partial charge in [-0.15, -0.1) is 10.2 Å². The van der Waals surface area contributed by atoms with Crippen LogP contribution in [0.4, 0.5) is 8.78 Å². The van der Waals surface area contributed by atoms with Crippen molar-refractivity contribution in [3.8, 4) is 5.75 Å². The summed E-state index contributed by atoms with van der Waals surface area (Å²) in [5, 5.41) is 8.85. The van der Waals surface area contributed by atoms with E-state index in [0.717, 1.165) is 43.5 Å². The Balaban J connectivity index is 1.02. The average molecular weight is 500 g/mol. The van der Waals surface area contributed by atoms with Crippen LogP contribution >= 0.6 is 11.6 Å². The fourth-order valence-corrected chi connectivity index (χ4v) is 5.82. The number of aryl methyl sites for hydroxylation is 1. The van der Waals surface area contributed by atoms with Crippen molar-refractivity contribution in [1.29, 1.82) is 0 Å². The number of ether oxygens (including phenoxy) is 1. The summed E-state index contributed by atoms with van der Waals surface area (Å²) >= 11 is 6.10. The zero-order chi connectivity index (χ0) is 24.2. The predicted molar refractivity (Wildman–Crippen MR) is 128 cm³/mol. The van der Waals surface area contributed by atoms with E-state index in [0.29, 0.717) is 34.2 Å². The molecule has 0 amide bonds. The molecule has 0 atom stereocenters. The first-order valence-corrected chi connectivity index (χ1v) is 12.1. The quantitative estimate of drug-likeness (QED) is 0.356. The van der Waals surface area contributed by atoms with Gasteiger partial charge >= 0.3 is 0 Å². The third-order valence-electron chi connectivity index (χ3n) is 7.30. The third kappa shape index (κ3) is 3.96. The molecular weight excluding hydrogens is 476 g/mol. The summed E-state index contributed by atoms with van der Waals surface area (Å²) in [6, 6.07) is 8.59. The van der Waals surface area contributed by atoms with Crippen LogP contribution in [0, 0.1) is 11.2 Å². The van der Waals surface area contributed by atoms with Gasteiger partial charge in [-0.1, -0.05) is 17.7 Å². The van der Waals surface area contributed by atoms with E-state index in [1.165, 1.54) is 12.5 Å². The van der Waals surface area contributed by atoms with Crippen LogP contribution in [0.5, 0.6) is 5.75 Å². The van der Waals surface area contributed by atoms with Gasteiger partial charge < -0.3 is 9.64 Å². The second-order valence-electron chi connectivity index (χ2n) is 9.74. The van der Waals surface area contributed by atoms with E-state index >= 15 is 0 Å². The van der Waals surface area contributed by atoms with Gasteiger partial charge in [0.1, 0.15) is 23.0 Å². The highest BCUT2D eigenvalue weighted by Gasteiger charge is 2.53. The zero-order valence-electron chi connectivity index (χ0n) is 19.0. The number of hydrogen-bond acceptors (Lipinski definition) is 5. The van der Waals surface area contributed by atoms with Crippen LogP contribution in [0.25, 0.3) is 16.4 Å². The second kappa shape index (κ2) is 8.57. The van der Waals surface area contributed by atoms with Gasteiger partial charge in [0.05, 0.1) is 11.5 Å². The Labute approximate surface area is 204 Å². The van der Waals surface area contributed by atoms with Crippen LogP contribution in [-0.4, -0.2) is 49.8 Å². The fraction of sp³-hybridized carbons (Fsp3) is 0.400. The molecule has 1 spiro atoms. The van der Waals surface area contributed by atoms with Gasteiger partial charge in [0, 0.05) is 30.1 Å². The highest BCUT2D eigenvalue weighted by Crippen LogP contribution is 2.50. The fourth-order valence-electron chi connectivity index (χ4n) is 5.59. The van der Waals surface area contributed by atoms with Gasteiger partial charge in [-0.3, -0.25) is 13.8 Å². The summed E-state index contributed by atoms with van der Waals surface area (Å²) in [6.07, 6.45) is 6.45. The first-order chi connectivity index (χ1) is 16.9. The number of benzene rings is 1. The first kappa shape index (κ1) is 22.4. The number of aromatic nitrogens is 4. The Morgan fingerprint density at radius 3 is 2.83 bits per heavy atom. The number of pyridine rings is 2. The minimum atomic E-state index is -0.966. The number of halogens is 3. The first-order valence-electron chi connectivity index (χ1n) is 11.7. The minimum absolute atomic E-state index is 0.0574. The summed E-state index contributed by atoms with van der Waals surface area (Å²) in [5.74, 6) is 0.380. The van der Waals surface area contributed by atoms with E-state index in [2.05, 4.69) is 15.1 Å². The van der Waals surface area contributed by atoms with E-state index in [1.54, 1.807) is 28.7 Å².